The van der Waals surface area contributed by atoms with Crippen LogP contribution in [0.5, 0.6) is 0 Å². The number of rotatable bonds is 12. The van der Waals surface area contributed by atoms with Crippen molar-refractivity contribution in [2.75, 3.05) is 6.61 Å². The zero-order valence-corrected chi connectivity index (χ0v) is 12.0. The van der Waals surface area contributed by atoms with Crippen LogP contribution in [0.25, 0.3) is 0 Å². The molecule has 0 saturated carbocycles. The lowest BCUT2D eigenvalue weighted by Crippen LogP contribution is -2.11. The second-order valence-electron chi connectivity index (χ2n) is 4.81. The minimum Gasteiger partial charge on any atom is -0.465 e. The molecule has 0 aliphatic carbocycles. The number of hydrogen-bond donors (Lipinski definition) is 0. The van der Waals surface area contributed by atoms with Crippen molar-refractivity contribution in [1.82, 2.24) is 0 Å². The first-order valence-electron chi connectivity index (χ1n) is 7.38. The molecule has 3 heteroatoms. The Labute approximate surface area is 111 Å². The van der Waals surface area contributed by atoms with Gasteiger partial charge in [-0.15, -0.1) is 0 Å². The average Bonchev–Trinajstić information content (AvgIpc) is 2.35. The maximum absolute atomic E-state index is 11.3. The van der Waals surface area contributed by atoms with Crippen LogP contribution in [0.4, 0.5) is 0 Å². The highest BCUT2D eigenvalue weighted by Crippen LogP contribution is 2.05. The number of unbranched alkanes of at least 4 members (excludes halogenated alkanes) is 6. The lowest BCUT2D eigenvalue weighted by Gasteiger charge is -2.04. The van der Waals surface area contributed by atoms with E-state index in [0.717, 1.165) is 25.7 Å². The van der Waals surface area contributed by atoms with Gasteiger partial charge >= 0.3 is 5.97 Å². The molecule has 0 heterocycles. The molecule has 0 aromatic heterocycles. The molecule has 0 radical (unpaired) electrons. The molecule has 0 aliphatic heterocycles. The van der Waals surface area contributed by atoms with Gasteiger partial charge in [-0.05, 0) is 12.8 Å². The number of Topliss-reactive ketones (excluding diaryl/α,β-unsaturated/α-hetero) is 1. The normalized spacial score (nSPS) is 10.3. The molecule has 0 bridgehead atoms. The summed E-state index contributed by atoms with van der Waals surface area (Å²) in [6, 6.07) is 0. The molecule has 0 atom stereocenters. The zero-order chi connectivity index (χ0) is 13.6. The summed E-state index contributed by atoms with van der Waals surface area (Å²) in [5.41, 5.74) is 0. The lowest BCUT2D eigenvalue weighted by atomic mass is 10.1. The highest BCUT2D eigenvalue weighted by Gasteiger charge is 2.09. The Morgan fingerprint density at radius 1 is 0.833 bits per heavy atom. The van der Waals surface area contributed by atoms with Crippen molar-refractivity contribution in [1.29, 1.82) is 0 Å². The highest BCUT2D eigenvalue weighted by molar-refractivity contribution is 5.95. The SMILES string of the molecule is CCCCCCCCOC(=O)CC(=O)CCCC. The number of carbonyl (C=O) groups excluding carboxylic acids is 2. The molecule has 0 amide bonds. The summed E-state index contributed by atoms with van der Waals surface area (Å²) in [6.07, 6.45) is 9.33. The third-order valence-corrected chi connectivity index (χ3v) is 2.91. The molecule has 0 fully saturated rings. The van der Waals surface area contributed by atoms with Gasteiger partial charge < -0.3 is 4.74 Å². The second kappa shape index (κ2) is 12.6. The van der Waals surface area contributed by atoms with Crippen LogP contribution in [0, 0.1) is 0 Å². The molecule has 106 valence electrons. The Morgan fingerprint density at radius 3 is 2.11 bits per heavy atom. The number of carbonyl (C=O) groups is 2. The number of hydrogen-bond acceptors (Lipinski definition) is 3. The molecule has 0 unspecified atom stereocenters. The summed E-state index contributed by atoms with van der Waals surface area (Å²) in [4.78, 5) is 22.6. The van der Waals surface area contributed by atoms with Crippen molar-refractivity contribution >= 4 is 11.8 Å². The predicted molar refractivity (Wildman–Crippen MR) is 73.5 cm³/mol. The van der Waals surface area contributed by atoms with Crippen molar-refractivity contribution in [3.63, 3.8) is 0 Å². The molecule has 0 N–H and O–H groups in total. The first kappa shape index (κ1) is 17.1. The van der Waals surface area contributed by atoms with E-state index in [4.69, 9.17) is 4.74 Å². The Hall–Kier alpha value is -0.860. The molecule has 0 saturated heterocycles. The minimum atomic E-state index is -0.357. The summed E-state index contributed by atoms with van der Waals surface area (Å²) in [5.74, 6) is -0.352. The highest BCUT2D eigenvalue weighted by atomic mass is 16.5. The van der Waals surface area contributed by atoms with Crippen molar-refractivity contribution in [2.24, 2.45) is 0 Å². The monoisotopic (exact) mass is 256 g/mol. The Bertz CT molecular complexity index is 224. The molecule has 0 aromatic carbocycles. The Balaban J connectivity index is 3.34. The van der Waals surface area contributed by atoms with E-state index in [-0.39, 0.29) is 18.2 Å². The smallest absolute Gasteiger partial charge is 0.313 e. The van der Waals surface area contributed by atoms with E-state index < -0.39 is 0 Å². The van der Waals surface area contributed by atoms with Gasteiger partial charge in [-0.3, -0.25) is 9.59 Å². The Morgan fingerprint density at radius 2 is 1.44 bits per heavy atom. The predicted octanol–water partition coefficient (Wildman–Crippen LogP) is 4.04. The summed E-state index contributed by atoms with van der Waals surface area (Å²) in [5, 5.41) is 0. The van der Waals surface area contributed by atoms with Gasteiger partial charge in [0.2, 0.25) is 0 Å². The molecule has 0 spiro atoms. The molecular formula is C15H28O3. The van der Waals surface area contributed by atoms with Crippen molar-refractivity contribution < 1.29 is 14.3 Å². The fourth-order valence-electron chi connectivity index (χ4n) is 1.74. The number of ether oxygens (including phenoxy) is 1. The van der Waals surface area contributed by atoms with Gasteiger partial charge in [-0.1, -0.05) is 52.4 Å². The van der Waals surface area contributed by atoms with Crippen LogP contribution in [0.2, 0.25) is 0 Å². The van der Waals surface area contributed by atoms with Gasteiger partial charge in [0.05, 0.1) is 6.61 Å². The van der Waals surface area contributed by atoms with Crippen LogP contribution < -0.4 is 0 Å². The fourth-order valence-corrected chi connectivity index (χ4v) is 1.74. The minimum absolute atomic E-state index is 0.00444. The van der Waals surface area contributed by atoms with Crippen molar-refractivity contribution in [2.45, 2.75) is 78.1 Å². The van der Waals surface area contributed by atoms with Gasteiger partial charge in [0.25, 0.3) is 0 Å². The van der Waals surface area contributed by atoms with Gasteiger partial charge in [-0.2, -0.15) is 0 Å². The number of ketones is 1. The fraction of sp³-hybridized carbons (Fsp3) is 0.867. The van der Waals surface area contributed by atoms with Crippen LogP contribution in [0.15, 0.2) is 0 Å². The molecule has 0 rings (SSSR count). The molecule has 3 nitrogen and oxygen atoms in total. The van der Waals surface area contributed by atoms with E-state index in [1.807, 2.05) is 6.92 Å². The summed E-state index contributed by atoms with van der Waals surface area (Å²) < 4.78 is 5.04. The van der Waals surface area contributed by atoms with Crippen LogP contribution in [0.1, 0.15) is 78.1 Å². The molecular weight excluding hydrogens is 228 g/mol. The molecule has 0 aromatic rings. The third kappa shape index (κ3) is 11.6. The summed E-state index contributed by atoms with van der Waals surface area (Å²) in [7, 11) is 0. The van der Waals surface area contributed by atoms with Crippen LogP contribution in [-0.2, 0) is 14.3 Å². The van der Waals surface area contributed by atoms with Crippen molar-refractivity contribution in [3.05, 3.63) is 0 Å². The largest absolute Gasteiger partial charge is 0.465 e. The van der Waals surface area contributed by atoms with E-state index >= 15 is 0 Å². The number of esters is 1. The molecule has 18 heavy (non-hydrogen) atoms. The van der Waals surface area contributed by atoms with Crippen LogP contribution >= 0.6 is 0 Å². The van der Waals surface area contributed by atoms with Crippen molar-refractivity contribution in [3.8, 4) is 0 Å². The van der Waals surface area contributed by atoms with E-state index in [0.29, 0.717) is 13.0 Å². The average molecular weight is 256 g/mol. The van der Waals surface area contributed by atoms with E-state index in [2.05, 4.69) is 6.92 Å². The standard InChI is InChI=1S/C15H28O3/c1-3-5-7-8-9-10-12-18-15(17)13-14(16)11-6-4-2/h3-13H2,1-2H3. The maximum atomic E-state index is 11.3. The van der Waals surface area contributed by atoms with E-state index in [1.165, 1.54) is 25.7 Å². The second-order valence-corrected chi connectivity index (χ2v) is 4.81. The quantitative estimate of drug-likeness (QED) is 0.301. The first-order chi connectivity index (χ1) is 8.70. The third-order valence-electron chi connectivity index (χ3n) is 2.91. The van der Waals surface area contributed by atoms with Crippen LogP contribution in [0.3, 0.4) is 0 Å². The van der Waals surface area contributed by atoms with E-state index in [9.17, 15) is 9.59 Å². The zero-order valence-electron chi connectivity index (χ0n) is 12.0. The molecule has 0 aliphatic rings. The summed E-state index contributed by atoms with van der Waals surface area (Å²) >= 11 is 0. The van der Waals surface area contributed by atoms with Gasteiger partial charge in [0, 0.05) is 6.42 Å². The van der Waals surface area contributed by atoms with Gasteiger partial charge in [0.15, 0.2) is 0 Å². The van der Waals surface area contributed by atoms with E-state index in [1.54, 1.807) is 0 Å². The first-order valence-corrected chi connectivity index (χ1v) is 7.38. The van der Waals surface area contributed by atoms with Gasteiger partial charge in [0.1, 0.15) is 12.2 Å². The maximum Gasteiger partial charge on any atom is 0.313 e. The Kier molecular flexibility index (Phi) is 12.0. The van der Waals surface area contributed by atoms with Crippen LogP contribution in [-0.4, -0.2) is 18.4 Å². The lowest BCUT2D eigenvalue weighted by molar-refractivity contribution is -0.146. The van der Waals surface area contributed by atoms with Gasteiger partial charge in [-0.25, -0.2) is 0 Å². The summed E-state index contributed by atoms with van der Waals surface area (Å²) in [6.45, 7) is 4.69. The topological polar surface area (TPSA) is 43.4 Å².